The highest BCUT2D eigenvalue weighted by atomic mass is 16.6. The number of nitrogens with one attached hydrogen (secondary N) is 1. The Morgan fingerprint density at radius 2 is 1.75 bits per heavy atom. The van der Waals surface area contributed by atoms with Crippen LogP contribution in [0.15, 0.2) is 83.0 Å². The summed E-state index contributed by atoms with van der Waals surface area (Å²) in [6.45, 7) is 16.1. The second-order valence-corrected chi connectivity index (χ2v) is 17.4. The van der Waals surface area contributed by atoms with Gasteiger partial charge in [0.15, 0.2) is 11.6 Å². The van der Waals surface area contributed by atoms with E-state index in [0.29, 0.717) is 18.4 Å². The lowest BCUT2D eigenvalue weighted by atomic mass is 9.77. The second kappa shape index (κ2) is 24.1. The zero-order chi connectivity index (χ0) is 47.3. The first-order valence-corrected chi connectivity index (χ1v) is 21.9. The molecule has 0 radical (unpaired) electrons. The van der Waals surface area contributed by atoms with E-state index in [-0.39, 0.29) is 48.3 Å². The molecule has 14 atom stereocenters. The minimum absolute atomic E-state index is 0.0618. The zero-order valence-corrected chi connectivity index (χ0v) is 38.6. The molecule has 0 unspecified atom stereocenters. The van der Waals surface area contributed by atoms with Crippen molar-refractivity contribution < 1.29 is 68.4 Å². The van der Waals surface area contributed by atoms with Crippen LogP contribution in [0.25, 0.3) is 0 Å². The molecule has 352 valence electrons. The first kappa shape index (κ1) is 53.0. The Bertz CT molecular complexity index is 1830. The number of hydrogen-bond donors (Lipinski definition) is 6. The molecule has 15 nitrogen and oxygen atoms in total. The van der Waals surface area contributed by atoms with E-state index in [1.165, 1.54) is 20.3 Å². The number of methoxy groups -OCH3 is 2. The van der Waals surface area contributed by atoms with Gasteiger partial charge in [-0.1, -0.05) is 89.1 Å². The molecular formula is C48H71NO14. The molecule has 1 amide bonds. The molecule has 1 saturated heterocycles. The number of hydrogen-bond acceptors (Lipinski definition) is 14. The van der Waals surface area contributed by atoms with Crippen molar-refractivity contribution in [1.82, 2.24) is 5.32 Å². The molecule has 3 rings (SSSR count). The predicted octanol–water partition coefficient (Wildman–Crippen LogP) is 5.36. The molecule has 0 spiro atoms. The summed E-state index contributed by atoms with van der Waals surface area (Å²) in [7, 11) is 2.75. The highest BCUT2D eigenvalue weighted by molar-refractivity contribution is 6.04. The minimum Gasteiger partial charge on any atom is -0.510 e. The Labute approximate surface area is 372 Å². The Balaban J connectivity index is 1.97. The maximum absolute atomic E-state index is 13.9. The average Bonchev–Trinajstić information content (AvgIpc) is 3.55. The van der Waals surface area contributed by atoms with Gasteiger partial charge in [-0.2, -0.15) is 0 Å². The van der Waals surface area contributed by atoms with Gasteiger partial charge in [-0.15, -0.1) is 0 Å². The maximum atomic E-state index is 13.9. The number of amides is 1. The van der Waals surface area contributed by atoms with Crippen LogP contribution >= 0.6 is 0 Å². The van der Waals surface area contributed by atoms with E-state index in [0.717, 1.165) is 17.7 Å². The first-order chi connectivity index (χ1) is 29.6. The fraction of sp³-hybridized carbons (Fsp3) is 0.625. The number of aliphatic hydroxyl groups excluding tert-OH is 4. The fourth-order valence-corrected chi connectivity index (χ4v) is 8.59. The lowest BCUT2D eigenvalue weighted by Gasteiger charge is -2.48. The van der Waals surface area contributed by atoms with E-state index in [9.17, 15) is 44.7 Å². The Morgan fingerprint density at radius 1 is 1.06 bits per heavy atom. The molecule has 2 heterocycles. The normalized spacial score (nSPS) is 36.4. The van der Waals surface area contributed by atoms with Crippen molar-refractivity contribution in [2.24, 2.45) is 35.5 Å². The van der Waals surface area contributed by atoms with E-state index >= 15 is 0 Å². The van der Waals surface area contributed by atoms with Crippen LogP contribution in [0, 0.1) is 35.5 Å². The minimum atomic E-state index is -2.10. The number of ketones is 1. The maximum Gasteiger partial charge on any atom is 0.373 e. The van der Waals surface area contributed by atoms with Crippen LogP contribution in [0.3, 0.4) is 0 Å². The lowest BCUT2D eigenvalue weighted by molar-refractivity contribution is -0.314. The summed E-state index contributed by atoms with van der Waals surface area (Å²) < 4.78 is 29.5. The summed E-state index contributed by atoms with van der Waals surface area (Å²) in [5.41, 5.74) is 1.32. The van der Waals surface area contributed by atoms with Crippen molar-refractivity contribution >= 4 is 23.6 Å². The lowest BCUT2D eigenvalue weighted by Crippen LogP contribution is -2.58. The summed E-state index contributed by atoms with van der Waals surface area (Å²) >= 11 is 0. The number of ether oxygens (including phenoxy) is 5. The van der Waals surface area contributed by atoms with Gasteiger partial charge in [0.1, 0.15) is 29.8 Å². The van der Waals surface area contributed by atoms with Crippen LogP contribution in [0.5, 0.6) is 0 Å². The number of esters is 2. The van der Waals surface area contributed by atoms with Crippen molar-refractivity contribution in [3.63, 3.8) is 0 Å². The molecule has 0 aromatic heterocycles. The van der Waals surface area contributed by atoms with Gasteiger partial charge in [-0.05, 0) is 45.6 Å². The Hall–Kier alpha value is -4.38. The van der Waals surface area contributed by atoms with Gasteiger partial charge in [0, 0.05) is 68.1 Å². The van der Waals surface area contributed by atoms with Crippen LogP contribution in [-0.4, -0.2) is 112 Å². The highest BCUT2D eigenvalue weighted by Crippen LogP contribution is 2.41. The Kier molecular flexibility index (Phi) is 20.2. The van der Waals surface area contributed by atoms with Crippen molar-refractivity contribution in [2.45, 2.75) is 143 Å². The van der Waals surface area contributed by atoms with Gasteiger partial charge >= 0.3 is 11.9 Å². The zero-order valence-electron chi connectivity index (χ0n) is 38.6. The number of allylic oxidation sites excluding steroid dienone is 8. The highest BCUT2D eigenvalue weighted by Gasteiger charge is 2.52. The number of Topliss-reactive ketones (excluding diaryl/α,β-unsaturated/α-hetero) is 1. The fourth-order valence-electron chi connectivity index (χ4n) is 8.59. The van der Waals surface area contributed by atoms with Crippen LogP contribution < -0.4 is 5.32 Å². The third-order valence-corrected chi connectivity index (χ3v) is 12.6. The smallest absolute Gasteiger partial charge is 0.373 e. The second-order valence-electron chi connectivity index (χ2n) is 17.4. The monoisotopic (exact) mass is 885 g/mol. The van der Waals surface area contributed by atoms with Crippen LogP contribution in [0.2, 0.25) is 0 Å². The van der Waals surface area contributed by atoms with E-state index in [4.69, 9.17) is 23.7 Å². The molecule has 1 aliphatic carbocycles. The van der Waals surface area contributed by atoms with Crippen molar-refractivity contribution in [3.8, 4) is 0 Å². The molecule has 0 bridgehead atoms. The number of cyclic esters (lactones) is 1. The van der Waals surface area contributed by atoms with Crippen LogP contribution in [-0.2, 0) is 42.9 Å². The van der Waals surface area contributed by atoms with E-state index in [1.807, 2.05) is 33.8 Å². The Morgan fingerprint density at radius 3 is 2.33 bits per heavy atom. The van der Waals surface area contributed by atoms with Crippen molar-refractivity contribution in [2.75, 3.05) is 14.2 Å². The quantitative estimate of drug-likeness (QED) is 0.0825. The molecule has 0 aromatic carbocycles. The van der Waals surface area contributed by atoms with Gasteiger partial charge in [-0.3, -0.25) is 9.59 Å². The molecule has 2 aliphatic heterocycles. The third kappa shape index (κ3) is 14.1. The summed E-state index contributed by atoms with van der Waals surface area (Å²) in [5.74, 6) is -8.99. The largest absolute Gasteiger partial charge is 0.510 e. The molecule has 63 heavy (non-hydrogen) atoms. The molecule has 3 aliphatic rings. The van der Waals surface area contributed by atoms with Crippen LogP contribution in [0.1, 0.15) is 94.4 Å². The molecule has 1 fully saturated rings. The molecule has 0 saturated carbocycles. The van der Waals surface area contributed by atoms with E-state index in [1.54, 1.807) is 65.0 Å². The van der Waals surface area contributed by atoms with E-state index < -0.39 is 95.8 Å². The topological polar surface area (TPSA) is 228 Å². The SMILES string of the molecule is C/C=C/[C@H]1O[C@@](O)([C@@H](C)[C@H](O)[C@H](C)[C@H]2OC(=O)/C(OC)=C/C(C)=C\[C@@H](C)[C@@H](O)[C@@H](CC)[C@@H](O)[C@H](C)C/C(C)=C/C=C/[C@@H]2OC)C[C@@H](OC(=O)/C=C/C(=O)NC2=C(O)CCC2=O)[C@@H]1C. The first-order valence-electron chi connectivity index (χ1n) is 21.9. The summed E-state index contributed by atoms with van der Waals surface area (Å²) in [6, 6.07) is 0. The van der Waals surface area contributed by atoms with Gasteiger partial charge < -0.3 is 54.5 Å². The summed E-state index contributed by atoms with van der Waals surface area (Å²) in [6.07, 6.45) is 7.80. The van der Waals surface area contributed by atoms with Gasteiger partial charge in [0.2, 0.25) is 11.7 Å². The van der Waals surface area contributed by atoms with Crippen molar-refractivity contribution in [3.05, 3.63) is 83.0 Å². The van der Waals surface area contributed by atoms with Crippen molar-refractivity contribution in [1.29, 1.82) is 0 Å². The summed E-state index contributed by atoms with van der Waals surface area (Å²) in [5, 5.41) is 59.2. The summed E-state index contributed by atoms with van der Waals surface area (Å²) in [4.78, 5) is 51.4. The molecular weight excluding hydrogens is 815 g/mol. The van der Waals surface area contributed by atoms with Crippen LogP contribution in [0.4, 0.5) is 0 Å². The van der Waals surface area contributed by atoms with Gasteiger partial charge in [0.25, 0.3) is 0 Å². The van der Waals surface area contributed by atoms with E-state index in [2.05, 4.69) is 5.32 Å². The molecule has 15 heteroatoms. The van der Waals surface area contributed by atoms with Gasteiger partial charge in [0.05, 0.1) is 31.5 Å². The molecule has 0 aromatic rings. The molecule has 6 N–H and O–H groups in total. The number of rotatable bonds is 12. The predicted molar refractivity (Wildman–Crippen MR) is 235 cm³/mol. The number of carbonyl (C=O) groups excluding carboxylic acids is 4. The average molecular weight is 886 g/mol. The number of carbonyl (C=O) groups is 4. The van der Waals surface area contributed by atoms with Gasteiger partial charge in [-0.25, -0.2) is 9.59 Å². The standard InChI is InChI=1S/C48H71NO14/c1-12-15-36-30(7)39(61-41(53)21-20-40(52)49-42-34(50)18-19-35(42)51)25-48(58,63-36)32(9)45(56)31(8)46-37(59-10)17-14-16-26(3)22-28(5)43(54)33(13-2)44(55)29(6)23-27(4)24-38(60-11)47(57)62-46/h12,14-17,20-21,23-24,28-33,36-37,39,43-46,50,54-56,58H,13,18-19,22,25H2,1-11H3,(H,49,52)/b15-12+,17-14+,21-20+,26-16+,27-23-,38-24-/t28-,29-,30-,31+,32+,33+,36-,37+,39-,43+,44-,45-,46-,48-/m1/s1. The number of aliphatic hydroxyl groups is 5. The third-order valence-electron chi connectivity index (χ3n) is 12.6.